The second kappa shape index (κ2) is 3.50. The Labute approximate surface area is 66.4 Å². The Hall–Kier alpha value is -0.150. The Kier molecular flexibility index (Phi) is 2.84. The van der Waals surface area contributed by atoms with Crippen molar-refractivity contribution < 1.29 is 14.2 Å². The van der Waals surface area contributed by atoms with Gasteiger partial charge in [0.25, 0.3) is 0 Å². The van der Waals surface area contributed by atoms with Gasteiger partial charge in [-0.25, -0.2) is 4.39 Å². The Morgan fingerprint density at radius 1 is 1.64 bits per heavy atom. The van der Waals surface area contributed by atoms with Crippen LogP contribution in [0.15, 0.2) is 0 Å². The molecule has 1 fully saturated rings. The maximum absolute atomic E-state index is 12.7. The van der Waals surface area contributed by atoms with Crippen molar-refractivity contribution in [2.24, 2.45) is 5.92 Å². The van der Waals surface area contributed by atoms with Gasteiger partial charge in [-0.1, -0.05) is 6.92 Å². The van der Waals surface area contributed by atoms with Crippen molar-refractivity contribution in [3.8, 4) is 0 Å². The largest absolute Gasteiger partial charge is 0.390 e. The topological polar surface area (TPSA) is 29.5 Å². The van der Waals surface area contributed by atoms with Gasteiger partial charge in [0.05, 0.1) is 6.10 Å². The second-order valence-corrected chi connectivity index (χ2v) is 3.27. The maximum Gasteiger partial charge on any atom is 0.126 e. The highest BCUT2D eigenvalue weighted by Crippen LogP contribution is 2.23. The molecule has 2 nitrogen and oxygen atoms in total. The third-order valence-electron chi connectivity index (χ3n) is 2.26. The minimum atomic E-state index is -1.08. The molecule has 1 aliphatic rings. The van der Waals surface area contributed by atoms with E-state index in [1.807, 2.05) is 6.92 Å². The number of alkyl halides is 1. The zero-order chi connectivity index (χ0) is 8.43. The van der Waals surface area contributed by atoms with Crippen LogP contribution in [-0.2, 0) is 4.74 Å². The first-order valence-corrected chi connectivity index (χ1v) is 4.06. The fourth-order valence-electron chi connectivity index (χ4n) is 1.39. The molecule has 0 radical (unpaired) electrons. The molecule has 4 atom stereocenters. The molecule has 1 aliphatic heterocycles. The lowest BCUT2D eigenvalue weighted by Gasteiger charge is -2.33. The molecule has 3 heteroatoms. The van der Waals surface area contributed by atoms with Gasteiger partial charge in [-0.15, -0.1) is 0 Å². The number of aliphatic hydroxyl groups is 1. The van der Waals surface area contributed by atoms with Crippen molar-refractivity contribution in [1.82, 2.24) is 0 Å². The van der Waals surface area contributed by atoms with Crippen molar-refractivity contribution in [2.75, 3.05) is 6.61 Å². The molecule has 0 saturated carbocycles. The molecule has 0 bridgehead atoms. The van der Waals surface area contributed by atoms with Crippen LogP contribution in [0.5, 0.6) is 0 Å². The van der Waals surface area contributed by atoms with E-state index in [0.29, 0.717) is 6.61 Å². The predicted octanol–water partition coefficient (Wildman–Crippen LogP) is 1.13. The summed E-state index contributed by atoms with van der Waals surface area (Å²) in [7, 11) is 0. The molecule has 0 aromatic rings. The summed E-state index contributed by atoms with van der Waals surface area (Å²) >= 11 is 0. The van der Waals surface area contributed by atoms with Crippen LogP contribution in [0.1, 0.15) is 20.3 Å². The zero-order valence-electron chi connectivity index (χ0n) is 6.96. The van der Waals surface area contributed by atoms with Crippen LogP contribution in [0.2, 0.25) is 0 Å². The van der Waals surface area contributed by atoms with E-state index in [9.17, 15) is 9.50 Å². The molecule has 4 unspecified atom stereocenters. The Morgan fingerprint density at radius 2 is 2.27 bits per heavy atom. The average Bonchev–Trinajstić information content (AvgIpc) is 1.94. The van der Waals surface area contributed by atoms with E-state index in [0.717, 1.165) is 6.42 Å². The third kappa shape index (κ3) is 1.91. The predicted molar refractivity (Wildman–Crippen MR) is 40.1 cm³/mol. The number of ether oxygens (including phenoxy) is 1. The van der Waals surface area contributed by atoms with Gasteiger partial charge in [0.2, 0.25) is 0 Å². The Bertz CT molecular complexity index is 127. The first-order chi connectivity index (χ1) is 5.13. The molecule has 0 aromatic heterocycles. The van der Waals surface area contributed by atoms with Crippen LogP contribution >= 0.6 is 0 Å². The summed E-state index contributed by atoms with van der Waals surface area (Å²) in [5.74, 6) is 0.159. The first kappa shape index (κ1) is 8.94. The molecule has 11 heavy (non-hydrogen) atoms. The molecule has 66 valence electrons. The lowest BCUT2D eigenvalue weighted by molar-refractivity contribution is -0.126. The van der Waals surface area contributed by atoms with E-state index in [1.165, 1.54) is 6.92 Å². The van der Waals surface area contributed by atoms with E-state index < -0.39 is 18.4 Å². The number of halogens is 1. The number of hydrogen-bond acceptors (Lipinski definition) is 2. The summed E-state index contributed by atoms with van der Waals surface area (Å²) in [5, 5.41) is 9.44. The van der Waals surface area contributed by atoms with E-state index in [2.05, 4.69) is 0 Å². The average molecular weight is 162 g/mol. The SMILES string of the molecule is CC(F)C1OCCC(C)C1O. The van der Waals surface area contributed by atoms with Crippen molar-refractivity contribution in [3.05, 3.63) is 0 Å². The summed E-state index contributed by atoms with van der Waals surface area (Å²) < 4.78 is 17.8. The fourth-order valence-corrected chi connectivity index (χ4v) is 1.39. The van der Waals surface area contributed by atoms with Crippen LogP contribution < -0.4 is 0 Å². The fraction of sp³-hybridized carbons (Fsp3) is 1.00. The molecule has 0 amide bonds. The molecular weight excluding hydrogens is 147 g/mol. The molecule has 0 aromatic carbocycles. The van der Waals surface area contributed by atoms with E-state index in [1.54, 1.807) is 0 Å². The summed E-state index contributed by atoms with van der Waals surface area (Å²) in [6.07, 6.45) is -1.50. The van der Waals surface area contributed by atoms with E-state index >= 15 is 0 Å². The van der Waals surface area contributed by atoms with E-state index in [-0.39, 0.29) is 5.92 Å². The molecule has 1 saturated heterocycles. The monoisotopic (exact) mass is 162 g/mol. The van der Waals surface area contributed by atoms with E-state index in [4.69, 9.17) is 4.74 Å². The minimum Gasteiger partial charge on any atom is -0.390 e. The van der Waals surface area contributed by atoms with Crippen LogP contribution in [0, 0.1) is 5.92 Å². The summed E-state index contributed by atoms with van der Waals surface area (Å²) in [6.45, 7) is 3.91. The normalized spacial score (nSPS) is 42.0. The third-order valence-corrected chi connectivity index (χ3v) is 2.26. The highest BCUT2D eigenvalue weighted by molar-refractivity contribution is 4.82. The van der Waals surface area contributed by atoms with Gasteiger partial charge >= 0.3 is 0 Å². The maximum atomic E-state index is 12.7. The lowest BCUT2D eigenvalue weighted by atomic mass is 9.92. The zero-order valence-corrected chi connectivity index (χ0v) is 6.96. The summed E-state index contributed by atoms with van der Waals surface area (Å²) in [5.41, 5.74) is 0. The van der Waals surface area contributed by atoms with Crippen molar-refractivity contribution in [1.29, 1.82) is 0 Å². The number of rotatable bonds is 1. The van der Waals surface area contributed by atoms with Gasteiger partial charge in [0.15, 0.2) is 0 Å². The van der Waals surface area contributed by atoms with Gasteiger partial charge < -0.3 is 9.84 Å². The van der Waals surface area contributed by atoms with Crippen LogP contribution in [0.25, 0.3) is 0 Å². The molecule has 0 spiro atoms. The smallest absolute Gasteiger partial charge is 0.126 e. The van der Waals surface area contributed by atoms with Crippen molar-refractivity contribution in [3.63, 3.8) is 0 Å². The van der Waals surface area contributed by atoms with Crippen molar-refractivity contribution in [2.45, 2.75) is 38.6 Å². The second-order valence-electron chi connectivity index (χ2n) is 3.27. The molecule has 1 rings (SSSR count). The number of hydrogen-bond donors (Lipinski definition) is 1. The van der Waals surface area contributed by atoms with Gasteiger partial charge in [0, 0.05) is 6.61 Å². The van der Waals surface area contributed by atoms with Crippen molar-refractivity contribution >= 4 is 0 Å². The minimum absolute atomic E-state index is 0.159. The first-order valence-electron chi connectivity index (χ1n) is 4.06. The molecule has 0 aliphatic carbocycles. The van der Waals surface area contributed by atoms with Crippen LogP contribution in [0.3, 0.4) is 0 Å². The van der Waals surface area contributed by atoms with Gasteiger partial charge in [-0.2, -0.15) is 0 Å². The highest BCUT2D eigenvalue weighted by Gasteiger charge is 2.33. The van der Waals surface area contributed by atoms with Gasteiger partial charge in [-0.3, -0.25) is 0 Å². The quantitative estimate of drug-likeness (QED) is 0.626. The number of aliphatic hydroxyl groups excluding tert-OH is 1. The van der Waals surface area contributed by atoms with Gasteiger partial charge in [0.1, 0.15) is 12.3 Å². The molecular formula is C8H15FO2. The van der Waals surface area contributed by atoms with Gasteiger partial charge in [-0.05, 0) is 19.3 Å². The van der Waals surface area contributed by atoms with Crippen LogP contribution in [-0.4, -0.2) is 30.1 Å². The Balaban J connectivity index is 2.51. The summed E-state index contributed by atoms with van der Waals surface area (Å²) in [6, 6.07) is 0. The Morgan fingerprint density at radius 3 is 2.73 bits per heavy atom. The lowest BCUT2D eigenvalue weighted by Crippen LogP contribution is -2.44. The standard InChI is InChI=1S/C8H15FO2/c1-5-3-4-11-8(6(2)9)7(5)10/h5-8,10H,3-4H2,1-2H3. The molecule has 1 N–H and O–H groups in total. The highest BCUT2D eigenvalue weighted by atomic mass is 19.1. The molecule has 1 heterocycles. The summed E-state index contributed by atoms with van der Waals surface area (Å²) in [4.78, 5) is 0. The van der Waals surface area contributed by atoms with Crippen LogP contribution in [0.4, 0.5) is 4.39 Å².